The highest BCUT2D eigenvalue weighted by Crippen LogP contribution is 2.23. The first-order valence-corrected chi connectivity index (χ1v) is 7.94. The number of hydrogen-bond donors (Lipinski definition) is 0. The maximum absolute atomic E-state index is 11.9. The van der Waals surface area contributed by atoms with Gasteiger partial charge in [-0.25, -0.2) is 8.42 Å². The van der Waals surface area contributed by atoms with Gasteiger partial charge in [-0.05, 0) is 5.56 Å². The minimum Gasteiger partial charge on any atom is -0.459 e. The normalized spacial score (nSPS) is 29.8. The van der Waals surface area contributed by atoms with Crippen LogP contribution in [0.25, 0.3) is 0 Å². The molecule has 0 aromatic heterocycles. The Bertz CT molecular complexity index is 584. The fourth-order valence-corrected chi connectivity index (χ4v) is 4.35. The maximum atomic E-state index is 11.9. The van der Waals surface area contributed by atoms with Crippen LogP contribution in [0, 0.1) is 0 Å². The molecule has 3 aliphatic heterocycles. The Morgan fingerprint density at radius 2 is 1.95 bits per heavy atom. The zero-order chi connectivity index (χ0) is 13.5. The van der Waals surface area contributed by atoms with Gasteiger partial charge in [0.2, 0.25) is 0 Å². The molecule has 0 saturated carbocycles. The largest absolute Gasteiger partial charge is 0.459 e. The Morgan fingerprint density at radius 1 is 1.21 bits per heavy atom. The zero-order valence-electron chi connectivity index (χ0n) is 10.4. The summed E-state index contributed by atoms with van der Waals surface area (Å²) >= 11 is 0. The van der Waals surface area contributed by atoms with Crippen molar-refractivity contribution in [1.82, 2.24) is 4.90 Å². The Morgan fingerprint density at radius 3 is 2.63 bits per heavy atom. The van der Waals surface area contributed by atoms with E-state index in [-0.39, 0.29) is 12.3 Å². The van der Waals surface area contributed by atoms with Crippen molar-refractivity contribution in [2.75, 3.05) is 18.8 Å². The van der Waals surface area contributed by atoms with E-state index in [0.29, 0.717) is 13.1 Å². The third kappa shape index (κ3) is 2.50. The summed E-state index contributed by atoms with van der Waals surface area (Å²) in [6.45, 7) is 1.35. The van der Waals surface area contributed by atoms with E-state index >= 15 is 0 Å². The van der Waals surface area contributed by atoms with Crippen LogP contribution in [0.15, 0.2) is 30.3 Å². The summed E-state index contributed by atoms with van der Waals surface area (Å²) in [5.41, 5.74) is 1.11. The summed E-state index contributed by atoms with van der Waals surface area (Å²) in [7, 11) is -3.35. The van der Waals surface area contributed by atoms with Crippen molar-refractivity contribution in [2.24, 2.45) is 0 Å². The molecule has 3 fully saturated rings. The van der Waals surface area contributed by atoms with Crippen LogP contribution in [0.5, 0.6) is 0 Å². The fraction of sp³-hybridized carbons (Fsp3) is 0.462. The Labute approximate surface area is 112 Å². The molecule has 5 nitrogen and oxygen atoms in total. The van der Waals surface area contributed by atoms with Gasteiger partial charge in [-0.3, -0.25) is 9.69 Å². The van der Waals surface area contributed by atoms with Gasteiger partial charge in [0.25, 0.3) is 0 Å². The first-order chi connectivity index (χ1) is 9.04. The van der Waals surface area contributed by atoms with E-state index in [1.54, 1.807) is 0 Å². The van der Waals surface area contributed by atoms with Gasteiger partial charge >= 0.3 is 5.97 Å². The van der Waals surface area contributed by atoms with Crippen molar-refractivity contribution >= 4 is 15.8 Å². The van der Waals surface area contributed by atoms with E-state index in [1.165, 1.54) is 0 Å². The number of esters is 1. The molecule has 3 heterocycles. The maximum Gasteiger partial charge on any atom is 0.326 e. The molecule has 3 saturated heterocycles. The number of ether oxygens (including phenoxy) is 1. The van der Waals surface area contributed by atoms with Crippen LogP contribution in [0.4, 0.5) is 0 Å². The quantitative estimate of drug-likeness (QED) is 0.725. The molecule has 6 heteroatoms. The van der Waals surface area contributed by atoms with E-state index in [1.807, 2.05) is 35.2 Å². The average molecular weight is 281 g/mol. The van der Waals surface area contributed by atoms with Crippen LogP contribution in [0.3, 0.4) is 0 Å². The molecule has 0 amide bonds. The third-order valence-electron chi connectivity index (χ3n) is 3.53. The summed E-state index contributed by atoms with van der Waals surface area (Å²) in [6, 6.07) is 9.81. The molecule has 102 valence electrons. The van der Waals surface area contributed by atoms with Gasteiger partial charge < -0.3 is 4.74 Å². The summed E-state index contributed by atoms with van der Waals surface area (Å²) in [6.07, 6.45) is -0.528. The second-order valence-electron chi connectivity index (χ2n) is 5.06. The zero-order valence-corrected chi connectivity index (χ0v) is 11.2. The summed E-state index contributed by atoms with van der Waals surface area (Å²) < 4.78 is 29.0. The number of rotatable bonds is 2. The molecular weight excluding hydrogens is 266 g/mol. The molecule has 2 bridgehead atoms. The topological polar surface area (TPSA) is 63.7 Å². The lowest BCUT2D eigenvalue weighted by molar-refractivity contribution is -0.146. The number of hydrogen-bond acceptors (Lipinski definition) is 5. The average Bonchev–Trinajstić information content (AvgIpc) is 2.56. The van der Waals surface area contributed by atoms with Crippen LogP contribution in [0.2, 0.25) is 0 Å². The molecule has 3 aliphatic rings. The van der Waals surface area contributed by atoms with Gasteiger partial charge in [0, 0.05) is 19.6 Å². The Balaban J connectivity index is 1.82. The van der Waals surface area contributed by atoms with Gasteiger partial charge in [-0.2, -0.15) is 0 Å². The lowest BCUT2D eigenvalue weighted by Gasteiger charge is -2.22. The van der Waals surface area contributed by atoms with Crippen LogP contribution in [-0.2, 0) is 25.9 Å². The van der Waals surface area contributed by atoms with Crippen LogP contribution in [-0.4, -0.2) is 49.5 Å². The first kappa shape index (κ1) is 12.6. The van der Waals surface area contributed by atoms with Crippen molar-refractivity contribution < 1.29 is 17.9 Å². The smallest absolute Gasteiger partial charge is 0.326 e. The first-order valence-electron chi connectivity index (χ1n) is 6.23. The molecule has 0 spiro atoms. The standard InChI is InChI=1S/C13H15NO4S/c15-13-12-8-14(6-10-4-2-1-3-5-10)7-11(18-13)9-19(12,16)17/h1-5,11-12H,6-9H2/t11-,12-/m0/s1. The van der Waals surface area contributed by atoms with E-state index < -0.39 is 27.2 Å². The third-order valence-corrected chi connectivity index (χ3v) is 5.58. The van der Waals surface area contributed by atoms with Crippen molar-refractivity contribution in [3.05, 3.63) is 35.9 Å². The van der Waals surface area contributed by atoms with Crippen molar-refractivity contribution in [3.8, 4) is 0 Å². The predicted octanol–water partition coefficient (Wildman–Crippen LogP) is 0.211. The number of carbonyl (C=O) groups is 1. The molecule has 4 rings (SSSR count). The number of benzene rings is 1. The van der Waals surface area contributed by atoms with E-state index in [2.05, 4.69) is 0 Å². The van der Waals surface area contributed by atoms with Crippen molar-refractivity contribution in [1.29, 1.82) is 0 Å². The number of sulfone groups is 1. The monoisotopic (exact) mass is 281 g/mol. The molecule has 0 unspecified atom stereocenters. The molecule has 0 aliphatic carbocycles. The number of carbonyl (C=O) groups excluding carboxylic acids is 1. The van der Waals surface area contributed by atoms with E-state index in [4.69, 9.17) is 4.74 Å². The molecule has 0 radical (unpaired) electrons. The Kier molecular flexibility index (Phi) is 3.06. The molecule has 19 heavy (non-hydrogen) atoms. The summed E-state index contributed by atoms with van der Waals surface area (Å²) in [5, 5.41) is -1.02. The van der Waals surface area contributed by atoms with Gasteiger partial charge in [0.1, 0.15) is 6.10 Å². The van der Waals surface area contributed by atoms with Crippen LogP contribution >= 0.6 is 0 Å². The summed E-state index contributed by atoms with van der Waals surface area (Å²) in [5.74, 6) is -0.638. The second-order valence-corrected chi connectivity index (χ2v) is 7.28. The second kappa shape index (κ2) is 4.61. The van der Waals surface area contributed by atoms with E-state index in [0.717, 1.165) is 5.56 Å². The highest BCUT2D eigenvalue weighted by atomic mass is 32.2. The summed E-state index contributed by atoms with van der Waals surface area (Å²) in [4.78, 5) is 13.6. The SMILES string of the molecule is O=C1O[C@H]2CN(Cc3ccccc3)C[C@@H]1S(=O)(=O)C2. The lowest BCUT2D eigenvalue weighted by atomic mass is 10.2. The van der Waals surface area contributed by atoms with Gasteiger partial charge in [-0.15, -0.1) is 0 Å². The van der Waals surface area contributed by atoms with Crippen molar-refractivity contribution in [3.63, 3.8) is 0 Å². The van der Waals surface area contributed by atoms with Gasteiger partial charge in [0.15, 0.2) is 15.1 Å². The minimum atomic E-state index is -3.35. The number of fused-ring (bicyclic) bond motifs is 4. The van der Waals surface area contributed by atoms with Crippen LogP contribution in [0.1, 0.15) is 5.56 Å². The van der Waals surface area contributed by atoms with Gasteiger partial charge in [-0.1, -0.05) is 30.3 Å². The van der Waals surface area contributed by atoms with Crippen LogP contribution < -0.4 is 0 Å². The molecule has 0 N–H and O–H groups in total. The minimum absolute atomic E-state index is 0.0469. The predicted molar refractivity (Wildman–Crippen MR) is 69.2 cm³/mol. The van der Waals surface area contributed by atoms with Gasteiger partial charge in [0.05, 0.1) is 5.75 Å². The fourth-order valence-electron chi connectivity index (χ4n) is 2.64. The molecular formula is C13H15NO4S. The molecule has 1 aromatic carbocycles. The molecule has 1 aromatic rings. The Hall–Kier alpha value is -1.40. The van der Waals surface area contributed by atoms with E-state index in [9.17, 15) is 13.2 Å². The van der Waals surface area contributed by atoms with Crippen molar-refractivity contribution in [2.45, 2.75) is 17.9 Å². The highest BCUT2D eigenvalue weighted by Gasteiger charge is 2.46. The lowest BCUT2D eigenvalue weighted by Crippen LogP contribution is -2.44. The number of nitrogens with zero attached hydrogens (tertiary/aromatic N) is 1. The molecule has 2 atom stereocenters. The highest BCUT2D eigenvalue weighted by molar-refractivity contribution is 7.92.